The minimum atomic E-state index is -0.532. The molecule has 0 unspecified atom stereocenters. The number of thiophene rings is 2. The van der Waals surface area contributed by atoms with Crippen LogP contribution in [0.4, 0.5) is 34.1 Å². The average Bonchev–Trinajstić information content (AvgIpc) is 1.04. The molecule has 6 heteroatoms. The van der Waals surface area contributed by atoms with Crippen LogP contribution in [0.5, 0.6) is 0 Å². The molecule has 21 rings (SSSR count). The van der Waals surface area contributed by atoms with Crippen molar-refractivity contribution in [2.75, 3.05) is 9.80 Å². The number of anilines is 6. The van der Waals surface area contributed by atoms with E-state index in [-0.39, 0.29) is 5.41 Å². The van der Waals surface area contributed by atoms with E-state index in [2.05, 4.69) is 375 Å². The number of benzene rings is 15. The van der Waals surface area contributed by atoms with Crippen LogP contribution in [0.1, 0.15) is 47.2 Å². The molecule has 102 heavy (non-hydrogen) atoms. The fraction of sp³-hybridized carbons (Fsp3) is 0.0417. The molecule has 0 saturated heterocycles. The second kappa shape index (κ2) is 23.7. The summed E-state index contributed by atoms with van der Waals surface area (Å²) in [5, 5.41) is 12.4. The highest BCUT2D eigenvalue weighted by molar-refractivity contribution is 7.27. The van der Waals surface area contributed by atoms with Gasteiger partial charge in [0.05, 0.1) is 61.0 Å². The van der Waals surface area contributed by atoms with Gasteiger partial charge >= 0.3 is 0 Å². The predicted molar refractivity (Wildman–Crippen MR) is 434 cm³/mol. The monoisotopic (exact) mass is 1340 g/mol. The molecule has 0 saturated carbocycles. The molecular weight excluding hydrogens is 1270 g/mol. The fourth-order valence-electron chi connectivity index (χ4n) is 17.1. The molecular formula is C96H64N4S2. The third-order valence-corrected chi connectivity index (χ3v) is 23.9. The van der Waals surface area contributed by atoms with E-state index in [9.17, 15) is 0 Å². The maximum atomic E-state index is 5.41. The second-order valence-corrected chi connectivity index (χ2v) is 29.5. The minimum absolute atomic E-state index is 0.198. The van der Waals surface area contributed by atoms with Gasteiger partial charge in [0, 0.05) is 95.8 Å². The summed E-state index contributed by atoms with van der Waals surface area (Å²) >= 11 is 3.79. The maximum Gasteiger partial charge on any atom is 0.0789 e. The molecule has 0 N–H and O–H groups in total. The van der Waals surface area contributed by atoms with Crippen LogP contribution in [0.3, 0.4) is 0 Å². The van der Waals surface area contributed by atoms with Crippen LogP contribution in [0.25, 0.3) is 117 Å². The third kappa shape index (κ3) is 9.06. The van der Waals surface area contributed by atoms with Gasteiger partial charge in [-0.05, 0) is 118 Å². The van der Waals surface area contributed by atoms with Crippen LogP contribution in [0.15, 0.2) is 352 Å². The number of para-hydroxylation sites is 6. The summed E-state index contributed by atoms with van der Waals surface area (Å²) in [6.45, 7) is 4.74. The number of hydrogen-bond acceptors (Lipinski definition) is 6. The second-order valence-electron chi connectivity index (χ2n) is 27.4. The topological polar surface area (TPSA) is 32.3 Å². The lowest BCUT2D eigenvalue weighted by atomic mass is 9.62. The van der Waals surface area contributed by atoms with Crippen molar-refractivity contribution in [2.45, 2.75) is 24.7 Å². The number of aromatic nitrogens is 2. The zero-order chi connectivity index (χ0) is 67.6. The van der Waals surface area contributed by atoms with Crippen LogP contribution in [-0.2, 0) is 10.8 Å². The number of rotatable bonds is 7. The van der Waals surface area contributed by atoms with Crippen molar-refractivity contribution in [3.8, 4) is 33.6 Å². The van der Waals surface area contributed by atoms with E-state index in [1.807, 2.05) is 22.7 Å². The maximum absolute atomic E-state index is 5.41. The lowest BCUT2D eigenvalue weighted by Crippen LogP contribution is -2.37. The summed E-state index contributed by atoms with van der Waals surface area (Å²) in [5.74, 6) is 0. The first-order valence-electron chi connectivity index (χ1n) is 35.0. The Kier molecular flexibility index (Phi) is 13.9. The lowest BCUT2D eigenvalue weighted by molar-refractivity contribution is 0.632. The molecule has 0 amide bonds. The van der Waals surface area contributed by atoms with Crippen LogP contribution in [-0.4, -0.2) is 9.97 Å². The van der Waals surface area contributed by atoms with Crippen molar-refractivity contribution in [3.05, 3.63) is 385 Å². The normalized spacial score (nSPS) is 13.5. The quantitative estimate of drug-likeness (QED) is 0.149. The van der Waals surface area contributed by atoms with Crippen LogP contribution < -0.4 is 9.80 Å². The van der Waals surface area contributed by atoms with Crippen molar-refractivity contribution >= 4 is 140 Å². The molecule has 2 aliphatic rings. The first-order chi connectivity index (χ1) is 50.4. The van der Waals surface area contributed by atoms with Gasteiger partial charge in [0.1, 0.15) is 0 Å². The fourth-order valence-corrected chi connectivity index (χ4v) is 19.5. The summed E-state index contributed by atoms with van der Waals surface area (Å²) < 4.78 is 5.17. The summed E-state index contributed by atoms with van der Waals surface area (Å²) in [6.07, 6.45) is 0. The highest BCUT2D eigenvalue weighted by atomic mass is 32.1. The molecule has 15 aromatic carbocycles. The zero-order valence-corrected chi connectivity index (χ0v) is 57.7. The molecule has 2 aliphatic heterocycles. The van der Waals surface area contributed by atoms with E-state index in [1.165, 1.54) is 140 Å². The predicted octanol–water partition coefficient (Wildman–Crippen LogP) is 26.8. The molecule has 0 bridgehead atoms. The van der Waals surface area contributed by atoms with Gasteiger partial charge in [-0.3, -0.25) is 0 Å². The Morgan fingerprint density at radius 1 is 0.275 bits per heavy atom. The van der Waals surface area contributed by atoms with Crippen LogP contribution in [0.2, 0.25) is 0 Å². The van der Waals surface area contributed by atoms with E-state index in [0.717, 1.165) is 44.6 Å². The van der Waals surface area contributed by atoms with Crippen LogP contribution >= 0.6 is 22.7 Å². The standard InChI is InChI=1S/C50H32N2S.C46H32N2S/c1-4-18-33(19-5-1)48-38-32-44(49-47(37-25-11-17-31-45(37)53-49)46(38)36-24-10-14-28-41(36)51-48)52-42-29-15-12-26-39(42)50(34-20-6-2-7-21-34,35-22-8-3-9-23-35)40-27-13-16-30-43(40)52;1-46(2)36-21-11-13-23-39(36)48(31-17-7-4-8-18-31)40-26-25-30(27-37(40)46)34-28-35-42(43-33-20-10-14-24-41(33)49-45(34)43)32-19-9-12-22-38(32)47-44(35)29-15-5-3-6-16-29/h1-32H;3-28H,1-2H3. The molecule has 6 heterocycles. The van der Waals surface area contributed by atoms with Gasteiger partial charge in [0.2, 0.25) is 0 Å². The highest BCUT2D eigenvalue weighted by Crippen LogP contribution is 2.61. The van der Waals surface area contributed by atoms with Gasteiger partial charge in [-0.25, -0.2) is 9.97 Å². The largest absolute Gasteiger partial charge is 0.310 e. The number of fused-ring (bicyclic) bond motifs is 18. The summed E-state index contributed by atoms with van der Waals surface area (Å²) in [4.78, 5) is 15.7. The van der Waals surface area contributed by atoms with E-state index in [1.54, 1.807) is 0 Å². The molecule has 0 atom stereocenters. The number of nitrogens with zero attached hydrogens (tertiary/aromatic N) is 4. The molecule has 480 valence electrons. The van der Waals surface area contributed by atoms with Crippen molar-refractivity contribution in [1.29, 1.82) is 0 Å². The molecule has 0 fully saturated rings. The number of hydrogen-bond donors (Lipinski definition) is 0. The Morgan fingerprint density at radius 2 is 0.676 bits per heavy atom. The van der Waals surface area contributed by atoms with Crippen molar-refractivity contribution < 1.29 is 0 Å². The van der Waals surface area contributed by atoms with E-state index < -0.39 is 5.41 Å². The highest BCUT2D eigenvalue weighted by Gasteiger charge is 2.47. The molecule has 0 aliphatic carbocycles. The van der Waals surface area contributed by atoms with Gasteiger partial charge in [-0.15, -0.1) is 22.7 Å². The van der Waals surface area contributed by atoms with Gasteiger partial charge in [-0.1, -0.05) is 287 Å². The van der Waals surface area contributed by atoms with E-state index >= 15 is 0 Å². The summed E-state index contributed by atoms with van der Waals surface area (Å²) in [6, 6.07) is 128. The molecule has 0 spiro atoms. The first kappa shape index (κ1) is 59.7. The van der Waals surface area contributed by atoms with Crippen molar-refractivity contribution in [1.82, 2.24) is 9.97 Å². The van der Waals surface area contributed by atoms with Gasteiger partial charge in [0.15, 0.2) is 0 Å². The zero-order valence-electron chi connectivity index (χ0n) is 56.1. The Labute approximate surface area is 599 Å². The SMILES string of the molecule is CC1(C)c2ccccc2N(c2ccccc2)c2ccc(-c3cc4c(-c5ccccc5)nc5ccccc5c4c4c3sc3ccccc34)cc21.c1ccc(-c2nc3ccccc3c3c2cc(N2c4ccccc4C(c4ccccc4)(c4ccccc4)c4ccccc42)c2sc4ccccc4c23)cc1. The van der Waals surface area contributed by atoms with Gasteiger partial charge in [-0.2, -0.15) is 0 Å². The number of pyridine rings is 2. The summed E-state index contributed by atoms with van der Waals surface area (Å²) in [5.41, 5.74) is 22.8. The van der Waals surface area contributed by atoms with Crippen molar-refractivity contribution in [2.24, 2.45) is 0 Å². The van der Waals surface area contributed by atoms with Gasteiger partial charge < -0.3 is 9.80 Å². The minimum Gasteiger partial charge on any atom is -0.310 e. The van der Waals surface area contributed by atoms with Crippen LogP contribution in [0, 0.1) is 0 Å². The van der Waals surface area contributed by atoms with Crippen molar-refractivity contribution in [3.63, 3.8) is 0 Å². The average molecular weight is 1340 g/mol. The molecule has 4 aromatic heterocycles. The van der Waals surface area contributed by atoms with E-state index in [4.69, 9.17) is 9.97 Å². The smallest absolute Gasteiger partial charge is 0.0789 e. The Balaban J connectivity index is 0.000000137. The Morgan fingerprint density at radius 3 is 1.22 bits per heavy atom. The summed E-state index contributed by atoms with van der Waals surface area (Å²) in [7, 11) is 0. The van der Waals surface area contributed by atoms with Gasteiger partial charge in [0.25, 0.3) is 0 Å². The molecule has 4 nitrogen and oxygen atoms in total. The third-order valence-electron chi connectivity index (χ3n) is 21.5. The Hall–Kier alpha value is -12.3. The Bertz CT molecular complexity index is 6450. The lowest BCUT2D eigenvalue weighted by Gasteiger charge is -2.46. The molecule has 19 aromatic rings. The first-order valence-corrected chi connectivity index (χ1v) is 36.7. The molecule has 0 radical (unpaired) electrons. The van der Waals surface area contributed by atoms with E-state index in [0.29, 0.717) is 0 Å².